The van der Waals surface area contributed by atoms with E-state index in [0.29, 0.717) is 0 Å². The molecule has 1 rings (SSSR count). The van der Waals surface area contributed by atoms with Gasteiger partial charge in [-0.25, -0.2) is 0 Å². The Kier molecular flexibility index (Phi) is 2.39. The molecule has 1 atom stereocenters. The summed E-state index contributed by atoms with van der Waals surface area (Å²) in [6.07, 6.45) is 3.47. The molecule has 58 valence electrons. The van der Waals surface area contributed by atoms with Gasteiger partial charge in [-0.3, -0.25) is 4.98 Å². The van der Waals surface area contributed by atoms with E-state index in [1.54, 1.807) is 12.3 Å². The lowest BCUT2D eigenvalue weighted by Crippen LogP contribution is -2.08. The van der Waals surface area contributed by atoms with E-state index in [4.69, 9.17) is 5.73 Å². The molecule has 0 fully saturated rings. The minimum atomic E-state index is -0.0938. The fourth-order valence-electron chi connectivity index (χ4n) is 0.976. The van der Waals surface area contributed by atoms with Crippen molar-refractivity contribution in [2.45, 2.75) is 13.0 Å². The molecule has 1 heterocycles. The van der Waals surface area contributed by atoms with Gasteiger partial charge in [0.1, 0.15) is 0 Å². The van der Waals surface area contributed by atoms with Gasteiger partial charge in [-0.15, -0.1) is 6.58 Å². The lowest BCUT2D eigenvalue weighted by molar-refractivity contribution is 0.885. The van der Waals surface area contributed by atoms with Crippen LogP contribution in [0.15, 0.2) is 31.0 Å². The molecular formula is C9H12N2. The van der Waals surface area contributed by atoms with Gasteiger partial charge >= 0.3 is 0 Å². The molecule has 0 aliphatic heterocycles. The van der Waals surface area contributed by atoms with Crippen LogP contribution >= 0.6 is 0 Å². The first-order chi connectivity index (χ1) is 5.25. The maximum atomic E-state index is 5.74. The lowest BCUT2D eigenvalue weighted by Gasteiger charge is -2.07. The largest absolute Gasteiger partial charge is 0.321 e. The van der Waals surface area contributed by atoms with Crippen LogP contribution in [0.2, 0.25) is 0 Å². The zero-order valence-corrected chi connectivity index (χ0v) is 6.62. The van der Waals surface area contributed by atoms with E-state index in [9.17, 15) is 0 Å². The van der Waals surface area contributed by atoms with E-state index in [0.717, 1.165) is 11.3 Å². The van der Waals surface area contributed by atoms with Gasteiger partial charge in [0, 0.05) is 17.9 Å². The first-order valence-electron chi connectivity index (χ1n) is 3.55. The number of hydrogen-bond acceptors (Lipinski definition) is 2. The SMILES string of the molecule is C=C[C@@H](N)c1cccnc1C. The molecule has 0 saturated heterocycles. The van der Waals surface area contributed by atoms with Gasteiger partial charge < -0.3 is 5.73 Å². The molecule has 1 aromatic heterocycles. The van der Waals surface area contributed by atoms with Crippen LogP contribution in [-0.4, -0.2) is 4.98 Å². The second kappa shape index (κ2) is 3.30. The number of hydrogen-bond donors (Lipinski definition) is 1. The first kappa shape index (κ1) is 7.95. The second-order valence-corrected chi connectivity index (χ2v) is 2.44. The molecule has 0 aromatic carbocycles. The number of rotatable bonds is 2. The molecule has 1 aromatic rings. The third-order valence-electron chi connectivity index (χ3n) is 1.66. The Labute approximate surface area is 66.8 Å². The van der Waals surface area contributed by atoms with Crippen molar-refractivity contribution < 1.29 is 0 Å². The summed E-state index contributed by atoms with van der Waals surface area (Å²) in [6, 6.07) is 3.75. The van der Waals surface area contributed by atoms with Gasteiger partial charge in [0.25, 0.3) is 0 Å². The third-order valence-corrected chi connectivity index (χ3v) is 1.66. The molecule has 0 amide bonds. The molecule has 0 aliphatic carbocycles. The van der Waals surface area contributed by atoms with Crippen molar-refractivity contribution in [2.24, 2.45) is 5.73 Å². The summed E-state index contributed by atoms with van der Waals surface area (Å²) in [5, 5.41) is 0. The highest BCUT2D eigenvalue weighted by Crippen LogP contribution is 2.12. The summed E-state index contributed by atoms with van der Waals surface area (Å²) in [7, 11) is 0. The molecule has 2 nitrogen and oxygen atoms in total. The fraction of sp³-hybridized carbons (Fsp3) is 0.222. The molecule has 0 saturated carbocycles. The van der Waals surface area contributed by atoms with E-state index in [-0.39, 0.29) is 6.04 Å². The van der Waals surface area contributed by atoms with E-state index in [1.165, 1.54) is 0 Å². The summed E-state index contributed by atoms with van der Waals surface area (Å²) in [4.78, 5) is 4.12. The van der Waals surface area contributed by atoms with Crippen LogP contribution < -0.4 is 5.73 Å². The topological polar surface area (TPSA) is 38.9 Å². The smallest absolute Gasteiger partial charge is 0.0496 e. The highest BCUT2D eigenvalue weighted by atomic mass is 14.7. The Morgan fingerprint density at radius 2 is 2.45 bits per heavy atom. The highest BCUT2D eigenvalue weighted by molar-refractivity contribution is 5.24. The molecule has 0 bridgehead atoms. The van der Waals surface area contributed by atoms with Crippen molar-refractivity contribution >= 4 is 0 Å². The van der Waals surface area contributed by atoms with Crippen LogP contribution in [0.1, 0.15) is 17.3 Å². The summed E-state index contributed by atoms with van der Waals surface area (Å²) in [6.45, 7) is 5.57. The van der Waals surface area contributed by atoms with Gasteiger partial charge in [-0.1, -0.05) is 12.1 Å². The standard InChI is InChI=1S/C9H12N2/c1-3-9(10)8-5-4-6-11-7(8)2/h3-6,9H,1,10H2,2H3/t9-/m1/s1. The number of nitrogens with two attached hydrogens (primary N) is 1. The molecule has 0 spiro atoms. The molecule has 0 aliphatic rings. The quantitative estimate of drug-likeness (QED) is 0.646. The monoisotopic (exact) mass is 148 g/mol. The number of pyridine rings is 1. The molecular weight excluding hydrogens is 136 g/mol. The van der Waals surface area contributed by atoms with Crippen LogP contribution in [0, 0.1) is 6.92 Å². The Morgan fingerprint density at radius 3 is 3.00 bits per heavy atom. The number of aryl methyl sites for hydroxylation is 1. The Bertz CT molecular complexity index is 255. The van der Waals surface area contributed by atoms with Crippen LogP contribution in [0.25, 0.3) is 0 Å². The van der Waals surface area contributed by atoms with Crippen LogP contribution in [0.5, 0.6) is 0 Å². The Hall–Kier alpha value is -1.15. The highest BCUT2D eigenvalue weighted by Gasteiger charge is 2.03. The molecule has 0 unspecified atom stereocenters. The number of aromatic nitrogens is 1. The van der Waals surface area contributed by atoms with E-state index >= 15 is 0 Å². The minimum Gasteiger partial charge on any atom is -0.321 e. The minimum absolute atomic E-state index is 0.0938. The molecule has 2 heteroatoms. The average Bonchev–Trinajstić information content (AvgIpc) is 2.04. The molecule has 0 radical (unpaired) electrons. The van der Waals surface area contributed by atoms with Crippen LogP contribution in [-0.2, 0) is 0 Å². The van der Waals surface area contributed by atoms with Gasteiger partial charge in [0.15, 0.2) is 0 Å². The maximum Gasteiger partial charge on any atom is 0.0496 e. The summed E-state index contributed by atoms with van der Waals surface area (Å²) >= 11 is 0. The van der Waals surface area contributed by atoms with E-state index in [1.807, 2.05) is 19.1 Å². The summed E-state index contributed by atoms with van der Waals surface area (Å²) in [5.41, 5.74) is 7.75. The van der Waals surface area contributed by atoms with Crippen molar-refractivity contribution in [2.75, 3.05) is 0 Å². The van der Waals surface area contributed by atoms with Crippen molar-refractivity contribution in [1.82, 2.24) is 4.98 Å². The molecule has 11 heavy (non-hydrogen) atoms. The molecule has 2 N–H and O–H groups in total. The summed E-state index contributed by atoms with van der Waals surface area (Å²) < 4.78 is 0. The van der Waals surface area contributed by atoms with Gasteiger partial charge in [0.2, 0.25) is 0 Å². The van der Waals surface area contributed by atoms with Gasteiger partial charge in [0.05, 0.1) is 0 Å². The second-order valence-electron chi connectivity index (χ2n) is 2.44. The maximum absolute atomic E-state index is 5.74. The Balaban J connectivity index is 3.02. The van der Waals surface area contributed by atoms with Crippen LogP contribution in [0.3, 0.4) is 0 Å². The zero-order chi connectivity index (χ0) is 8.27. The lowest BCUT2D eigenvalue weighted by atomic mass is 10.1. The predicted octanol–water partition coefficient (Wildman–Crippen LogP) is 1.58. The van der Waals surface area contributed by atoms with Crippen molar-refractivity contribution in [1.29, 1.82) is 0 Å². The van der Waals surface area contributed by atoms with Crippen molar-refractivity contribution in [3.8, 4) is 0 Å². The normalized spacial score (nSPS) is 12.5. The van der Waals surface area contributed by atoms with Crippen LogP contribution in [0.4, 0.5) is 0 Å². The fourth-order valence-corrected chi connectivity index (χ4v) is 0.976. The van der Waals surface area contributed by atoms with Gasteiger partial charge in [-0.2, -0.15) is 0 Å². The van der Waals surface area contributed by atoms with E-state index in [2.05, 4.69) is 11.6 Å². The Morgan fingerprint density at radius 1 is 1.73 bits per heavy atom. The van der Waals surface area contributed by atoms with Gasteiger partial charge in [-0.05, 0) is 18.6 Å². The third kappa shape index (κ3) is 1.65. The first-order valence-corrected chi connectivity index (χ1v) is 3.55. The van der Waals surface area contributed by atoms with E-state index < -0.39 is 0 Å². The van der Waals surface area contributed by atoms with Crippen molar-refractivity contribution in [3.05, 3.63) is 42.2 Å². The predicted molar refractivity (Wildman–Crippen MR) is 46.1 cm³/mol. The summed E-state index contributed by atoms with van der Waals surface area (Å²) in [5.74, 6) is 0. The van der Waals surface area contributed by atoms with Crippen molar-refractivity contribution in [3.63, 3.8) is 0 Å². The average molecular weight is 148 g/mol. The zero-order valence-electron chi connectivity index (χ0n) is 6.62. The number of nitrogens with zero attached hydrogens (tertiary/aromatic N) is 1.